The standard InChI is InChI=1S/C13H18N4O/c1-3-14-10(2)8-13-16-12(17-18-13)9-11-6-4-5-7-15-11/h4-7,10,14H,3,8-9H2,1-2H3. The van der Waals surface area contributed by atoms with E-state index < -0.39 is 0 Å². The lowest BCUT2D eigenvalue weighted by atomic mass is 10.2. The van der Waals surface area contributed by atoms with Crippen LogP contribution in [0.2, 0.25) is 0 Å². The Labute approximate surface area is 107 Å². The Morgan fingerprint density at radius 1 is 1.39 bits per heavy atom. The van der Waals surface area contributed by atoms with Crippen LogP contribution < -0.4 is 5.32 Å². The Balaban J connectivity index is 1.94. The average Bonchev–Trinajstić information content (AvgIpc) is 2.78. The van der Waals surface area contributed by atoms with E-state index in [0.29, 0.717) is 24.2 Å². The van der Waals surface area contributed by atoms with Crippen molar-refractivity contribution >= 4 is 0 Å². The normalized spacial score (nSPS) is 12.6. The molecule has 0 aliphatic heterocycles. The van der Waals surface area contributed by atoms with Crippen LogP contribution in [0.15, 0.2) is 28.9 Å². The Kier molecular flexibility index (Phi) is 4.41. The fourth-order valence-electron chi connectivity index (χ4n) is 1.79. The molecule has 0 fully saturated rings. The molecule has 2 aromatic heterocycles. The number of pyridine rings is 1. The van der Waals surface area contributed by atoms with Crippen molar-refractivity contribution in [3.8, 4) is 0 Å². The number of aromatic nitrogens is 3. The number of rotatable bonds is 6. The van der Waals surface area contributed by atoms with E-state index in [1.54, 1.807) is 6.20 Å². The number of nitrogens with zero attached hydrogens (tertiary/aromatic N) is 3. The molecular weight excluding hydrogens is 228 g/mol. The van der Waals surface area contributed by atoms with Crippen LogP contribution in [0.25, 0.3) is 0 Å². The number of hydrogen-bond donors (Lipinski definition) is 1. The van der Waals surface area contributed by atoms with E-state index in [-0.39, 0.29) is 0 Å². The van der Waals surface area contributed by atoms with Crippen molar-refractivity contribution in [3.05, 3.63) is 41.8 Å². The molecule has 18 heavy (non-hydrogen) atoms. The van der Waals surface area contributed by atoms with Crippen molar-refractivity contribution in [2.24, 2.45) is 0 Å². The lowest BCUT2D eigenvalue weighted by Crippen LogP contribution is -2.27. The van der Waals surface area contributed by atoms with Crippen LogP contribution in [-0.4, -0.2) is 27.7 Å². The van der Waals surface area contributed by atoms with E-state index in [1.807, 2.05) is 18.2 Å². The maximum absolute atomic E-state index is 5.22. The fraction of sp³-hybridized carbons (Fsp3) is 0.462. The molecular formula is C13H18N4O. The lowest BCUT2D eigenvalue weighted by Gasteiger charge is -2.07. The third-order valence-corrected chi connectivity index (χ3v) is 2.61. The van der Waals surface area contributed by atoms with Gasteiger partial charge in [-0.15, -0.1) is 0 Å². The van der Waals surface area contributed by atoms with Gasteiger partial charge in [0.05, 0.1) is 6.42 Å². The summed E-state index contributed by atoms with van der Waals surface area (Å²) in [6.45, 7) is 5.12. The van der Waals surface area contributed by atoms with Gasteiger partial charge in [0, 0.05) is 24.4 Å². The van der Waals surface area contributed by atoms with Gasteiger partial charge in [0.1, 0.15) is 0 Å². The molecule has 2 heterocycles. The maximum Gasteiger partial charge on any atom is 0.228 e. The second-order valence-corrected chi connectivity index (χ2v) is 4.27. The zero-order valence-electron chi connectivity index (χ0n) is 10.8. The summed E-state index contributed by atoms with van der Waals surface area (Å²) in [6, 6.07) is 6.15. The molecule has 0 amide bonds. The van der Waals surface area contributed by atoms with Gasteiger partial charge < -0.3 is 9.84 Å². The predicted molar refractivity (Wildman–Crippen MR) is 68.2 cm³/mol. The van der Waals surface area contributed by atoms with Gasteiger partial charge in [-0.2, -0.15) is 4.98 Å². The zero-order valence-corrected chi connectivity index (χ0v) is 10.8. The average molecular weight is 246 g/mol. The first kappa shape index (κ1) is 12.7. The predicted octanol–water partition coefficient (Wildman–Crippen LogP) is 1.60. The second kappa shape index (κ2) is 6.26. The molecule has 0 spiro atoms. The van der Waals surface area contributed by atoms with Gasteiger partial charge in [-0.3, -0.25) is 4.98 Å². The van der Waals surface area contributed by atoms with Gasteiger partial charge in [-0.1, -0.05) is 18.1 Å². The summed E-state index contributed by atoms with van der Waals surface area (Å²) in [5.74, 6) is 1.36. The first-order chi connectivity index (χ1) is 8.78. The van der Waals surface area contributed by atoms with Crippen LogP contribution in [0.5, 0.6) is 0 Å². The molecule has 0 aliphatic rings. The molecule has 2 aromatic rings. The van der Waals surface area contributed by atoms with E-state index in [2.05, 4.69) is 34.3 Å². The lowest BCUT2D eigenvalue weighted by molar-refractivity contribution is 0.359. The van der Waals surface area contributed by atoms with Crippen molar-refractivity contribution in [2.45, 2.75) is 32.7 Å². The van der Waals surface area contributed by atoms with Crippen molar-refractivity contribution in [1.82, 2.24) is 20.4 Å². The molecule has 0 saturated heterocycles. The molecule has 0 saturated carbocycles. The smallest absolute Gasteiger partial charge is 0.228 e. The van der Waals surface area contributed by atoms with Gasteiger partial charge >= 0.3 is 0 Å². The van der Waals surface area contributed by atoms with Crippen LogP contribution in [0.3, 0.4) is 0 Å². The monoisotopic (exact) mass is 246 g/mol. The molecule has 0 radical (unpaired) electrons. The Bertz CT molecular complexity index is 469. The minimum atomic E-state index is 0.346. The topological polar surface area (TPSA) is 63.8 Å². The minimum Gasteiger partial charge on any atom is -0.339 e. The molecule has 1 N–H and O–H groups in total. The summed E-state index contributed by atoms with van der Waals surface area (Å²) >= 11 is 0. The third kappa shape index (κ3) is 3.63. The first-order valence-corrected chi connectivity index (χ1v) is 6.22. The fourth-order valence-corrected chi connectivity index (χ4v) is 1.79. The Morgan fingerprint density at radius 2 is 2.28 bits per heavy atom. The van der Waals surface area contributed by atoms with E-state index in [4.69, 9.17) is 4.52 Å². The maximum atomic E-state index is 5.22. The van der Waals surface area contributed by atoms with Gasteiger partial charge in [0.2, 0.25) is 5.89 Å². The van der Waals surface area contributed by atoms with Gasteiger partial charge in [-0.05, 0) is 25.6 Å². The van der Waals surface area contributed by atoms with Gasteiger partial charge in [-0.25, -0.2) is 0 Å². The third-order valence-electron chi connectivity index (χ3n) is 2.61. The number of hydrogen-bond acceptors (Lipinski definition) is 5. The van der Waals surface area contributed by atoms with Crippen LogP contribution in [-0.2, 0) is 12.8 Å². The zero-order chi connectivity index (χ0) is 12.8. The molecule has 0 bridgehead atoms. The highest BCUT2D eigenvalue weighted by molar-refractivity contribution is 5.09. The molecule has 0 aliphatic carbocycles. The van der Waals surface area contributed by atoms with E-state index >= 15 is 0 Å². The highest BCUT2D eigenvalue weighted by Crippen LogP contribution is 2.05. The summed E-state index contributed by atoms with van der Waals surface area (Å²) in [5, 5.41) is 7.28. The summed E-state index contributed by atoms with van der Waals surface area (Å²) in [7, 11) is 0. The summed E-state index contributed by atoms with van der Waals surface area (Å²) in [4.78, 5) is 8.61. The Hall–Kier alpha value is -1.75. The molecule has 2 rings (SSSR count). The quantitative estimate of drug-likeness (QED) is 0.838. The van der Waals surface area contributed by atoms with Crippen molar-refractivity contribution in [3.63, 3.8) is 0 Å². The van der Waals surface area contributed by atoms with Gasteiger partial charge in [0.25, 0.3) is 0 Å². The number of likely N-dealkylation sites (N-methyl/N-ethyl adjacent to an activating group) is 1. The van der Waals surface area contributed by atoms with Crippen LogP contribution in [0, 0.1) is 0 Å². The van der Waals surface area contributed by atoms with Crippen molar-refractivity contribution in [1.29, 1.82) is 0 Å². The molecule has 1 atom stereocenters. The van der Waals surface area contributed by atoms with Crippen LogP contribution in [0.4, 0.5) is 0 Å². The van der Waals surface area contributed by atoms with E-state index in [0.717, 1.165) is 18.7 Å². The highest BCUT2D eigenvalue weighted by atomic mass is 16.5. The van der Waals surface area contributed by atoms with Crippen LogP contribution in [0.1, 0.15) is 31.3 Å². The first-order valence-electron chi connectivity index (χ1n) is 6.22. The molecule has 5 nitrogen and oxygen atoms in total. The summed E-state index contributed by atoms with van der Waals surface area (Å²) < 4.78 is 5.22. The van der Waals surface area contributed by atoms with E-state index in [9.17, 15) is 0 Å². The largest absolute Gasteiger partial charge is 0.339 e. The van der Waals surface area contributed by atoms with Gasteiger partial charge in [0.15, 0.2) is 5.82 Å². The SMILES string of the molecule is CCNC(C)Cc1nc(Cc2ccccn2)no1. The number of nitrogens with one attached hydrogen (secondary N) is 1. The summed E-state index contributed by atoms with van der Waals surface area (Å²) in [6.07, 6.45) is 3.13. The molecule has 0 aromatic carbocycles. The molecule has 5 heteroatoms. The van der Waals surface area contributed by atoms with Crippen LogP contribution >= 0.6 is 0 Å². The van der Waals surface area contributed by atoms with Crippen molar-refractivity contribution in [2.75, 3.05) is 6.54 Å². The second-order valence-electron chi connectivity index (χ2n) is 4.27. The molecule has 96 valence electrons. The molecule has 1 unspecified atom stereocenters. The summed E-state index contributed by atoms with van der Waals surface area (Å²) in [5.41, 5.74) is 0.949. The van der Waals surface area contributed by atoms with Crippen molar-refractivity contribution < 1.29 is 4.52 Å². The highest BCUT2D eigenvalue weighted by Gasteiger charge is 2.10. The minimum absolute atomic E-state index is 0.346. The van der Waals surface area contributed by atoms with E-state index in [1.165, 1.54) is 0 Å². The Morgan fingerprint density at radius 3 is 3.00 bits per heavy atom.